The maximum atomic E-state index is 13.0. The summed E-state index contributed by atoms with van der Waals surface area (Å²) in [5.41, 5.74) is 2.78. The average molecular weight is 377 g/mol. The highest BCUT2D eigenvalue weighted by Crippen LogP contribution is 2.39. The maximum absolute atomic E-state index is 13.0. The van der Waals surface area contributed by atoms with Crippen molar-refractivity contribution >= 4 is 11.8 Å². The van der Waals surface area contributed by atoms with Gasteiger partial charge in [0, 0.05) is 38.4 Å². The minimum absolute atomic E-state index is 0.0286. The first-order valence-corrected chi connectivity index (χ1v) is 10.1. The number of benzene rings is 1. The largest absolute Gasteiger partial charge is 0.359 e. The van der Waals surface area contributed by atoms with Crippen molar-refractivity contribution in [1.29, 1.82) is 0 Å². The van der Waals surface area contributed by atoms with E-state index in [4.69, 9.17) is 0 Å². The lowest BCUT2D eigenvalue weighted by Gasteiger charge is -2.32. The molecule has 1 unspecified atom stereocenters. The summed E-state index contributed by atoms with van der Waals surface area (Å²) in [4.78, 5) is 31.7. The van der Waals surface area contributed by atoms with Crippen molar-refractivity contribution < 1.29 is 9.59 Å². The Kier molecular flexibility index (Phi) is 5.16. The van der Waals surface area contributed by atoms with Crippen molar-refractivity contribution in [2.75, 3.05) is 20.1 Å². The zero-order valence-electron chi connectivity index (χ0n) is 16.4. The van der Waals surface area contributed by atoms with Crippen LogP contribution in [0.25, 0.3) is 11.1 Å². The van der Waals surface area contributed by atoms with Gasteiger partial charge in [0.15, 0.2) is 0 Å². The molecule has 2 heterocycles. The van der Waals surface area contributed by atoms with Crippen LogP contribution >= 0.6 is 0 Å². The maximum Gasteiger partial charge on any atom is 0.228 e. The number of aromatic nitrogens is 1. The molecule has 0 radical (unpaired) electrons. The third-order valence-corrected chi connectivity index (χ3v) is 6.37. The minimum Gasteiger partial charge on any atom is -0.359 e. The van der Waals surface area contributed by atoms with Crippen LogP contribution in [0.4, 0.5) is 0 Å². The molecule has 1 aromatic heterocycles. The third kappa shape index (κ3) is 3.41. The number of carbonyl (C=O) groups is 2. The molecular weight excluding hydrogens is 350 g/mol. The molecule has 1 N–H and O–H groups in total. The zero-order chi connectivity index (χ0) is 19.6. The van der Waals surface area contributed by atoms with E-state index < -0.39 is 5.41 Å². The monoisotopic (exact) mass is 377 g/mol. The molecule has 28 heavy (non-hydrogen) atoms. The van der Waals surface area contributed by atoms with Gasteiger partial charge in [-0.15, -0.1) is 0 Å². The van der Waals surface area contributed by atoms with Crippen LogP contribution in [0.3, 0.4) is 0 Å². The fourth-order valence-electron chi connectivity index (χ4n) is 4.50. The molecule has 5 nitrogen and oxygen atoms in total. The van der Waals surface area contributed by atoms with E-state index in [1.807, 2.05) is 29.2 Å². The molecule has 5 heteroatoms. The first kappa shape index (κ1) is 18.7. The van der Waals surface area contributed by atoms with Crippen molar-refractivity contribution in [3.05, 3.63) is 54.4 Å². The van der Waals surface area contributed by atoms with E-state index >= 15 is 0 Å². The van der Waals surface area contributed by atoms with Gasteiger partial charge >= 0.3 is 0 Å². The van der Waals surface area contributed by atoms with Gasteiger partial charge in [-0.25, -0.2) is 0 Å². The molecule has 2 amide bonds. The van der Waals surface area contributed by atoms with Crippen molar-refractivity contribution in [3.8, 4) is 11.1 Å². The molecule has 1 aliphatic heterocycles. The number of rotatable bonds is 5. The Labute approximate surface area is 166 Å². The number of nitrogens with zero attached hydrogens (tertiary/aromatic N) is 2. The summed E-state index contributed by atoms with van der Waals surface area (Å²) in [6.45, 7) is 1.17. The van der Waals surface area contributed by atoms with Gasteiger partial charge in [-0.3, -0.25) is 14.6 Å². The van der Waals surface area contributed by atoms with E-state index in [1.165, 1.54) is 0 Å². The van der Waals surface area contributed by atoms with Crippen LogP contribution in [0.15, 0.2) is 48.8 Å². The number of nitrogens with one attached hydrogen (secondary N) is 1. The SMILES string of the molecule is CNC(=O)C1(Cc2ccccc2-c2ccncc2)CCN(C(=O)C2CCC2)C1. The van der Waals surface area contributed by atoms with Gasteiger partial charge in [-0.2, -0.15) is 0 Å². The highest BCUT2D eigenvalue weighted by molar-refractivity contribution is 5.86. The fourth-order valence-corrected chi connectivity index (χ4v) is 4.50. The first-order valence-electron chi connectivity index (χ1n) is 10.1. The number of hydrogen-bond donors (Lipinski definition) is 1. The van der Waals surface area contributed by atoms with Gasteiger partial charge in [-0.05, 0) is 54.5 Å². The molecule has 2 fully saturated rings. The summed E-state index contributed by atoms with van der Waals surface area (Å²) in [5.74, 6) is 0.435. The zero-order valence-corrected chi connectivity index (χ0v) is 16.4. The second-order valence-electron chi connectivity index (χ2n) is 8.07. The molecule has 1 atom stereocenters. The predicted molar refractivity (Wildman–Crippen MR) is 108 cm³/mol. The van der Waals surface area contributed by atoms with Crippen molar-refractivity contribution in [1.82, 2.24) is 15.2 Å². The van der Waals surface area contributed by atoms with Crippen LogP contribution in [0.5, 0.6) is 0 Å². The van der Waals surface area contributed by atoms with Crippen LogP contribution in [0, 0.1) is 11.3 Å². The lowest BCUT2D eigenvalue weighted by Crippen LogP contribution is -2.45. The molecule has 4 rings (SSSR count). The van der Waals surface area contributed by atoms with Gasteiger partial charge in [0.05, 0.1) is 5.41 Å². The summed E-state index contributed by atoms with van der Waals surface area (Å²) in [7, 11) is 1.69. The molecule has 146 valence electrons. The Morgan fingerprint density at radius 2 is 1.93 bits per heavy atom. The highest BCUT2D eigenvalue weighted by atomic mass is 16.2. The van der Waals surface area contributed by atoms with Crippen molar-refractivity contribution in [2.45, 2.75) is 32.1 Å². The third-order valence-electron chi connectivity index (χ3n) is 6.37. The van der Waals surface area contributed by atoms with Crippen molar-refractivity contribution in [3.63, 3.8) is 0 Å². The van der Waals surface area contributed by atoms with Crippen molar-refractivity contribution in [2.24, 2.45) is 11.3 Å². The van der Waals surface area contributed by atoms with Gasteiger partial charge in [0.25, 0.3) is 0 Å². The van der Waals surface area contributed by atoms with E-state index in [-0.39, 0.29) is 17.7 Å². The molecule has 0 spiro atoms. The van der Waals surface area contributed by atoms with E-state index in [1.54, 1.807) is 19.4 Å². The Morgan fingerprint density at radius 1 is 1.18 bits per heavy atom. The minimum atomic E-state index is -0.572. The second-order valence-corrected chi connectivity index (χ2v) is 8.07. The topological polar surface area (TPSA) is 62.3 Å². The summed E-state index contributed by atoms with van der Waals surface area (Å²) in [6, 6.07) is 12.2. The standard InChI is InChI=1S/C23H27N3O2/c1-24-22(28)23(11-14-26(16-23)21(27)18-6-4-7-18)15-19-5-2-3-8-20(19)17-9-12-25-13-10-17/h2-3,5,8-10,12-13,18H,4,6-7,11,14-16H2,1H3,(H,24,28). The summed E-state index contributed by atoms with van der Waals surface area (Å²) in [6.07, 6.45) is 8.03. The second kappa shape index (κ2) is 7.74. The Bertz CT molecular complexity index is 863. The predicted octanol–water partition coefficient (Wildman–Crippen LogP) is 3.06. The van der Waals surface area contributed by atoms with Gasteiger partial charge in [0.1, 0.15) is 0 Å². The number of carbonyl (C=O) groups excluding carboxylic acids is 2. The average Bonchev–Trinajstić information content (AvgIpc) is 3.12. The number of amides is 2. The summed E-state index contributed by atoms with van der Waals surface area (Å²) >= 11 is 0. The summed E-state index contributed by atoms with van der Waals surface area (Å²) in [5, 5.41) is 2.86. The highest BCUT2D eigenvalue weighted by Gasteiger charge is 2.47. The molecule has 1 aliphatic carbocycles. The molecule has 2 aliphatic rings. The van der Waals surface area contributed by atoms with Crippen LogP contribution in [0.2, 0.25) is 0 Å². The molecule has 0 bridgehead atoms. The number of likely N-dealkylation sites (tertiary alicyclic amines) is 1. The lowest BCUT2D eigenvalue weighted by atomic mass is 9.78. The molecule has 1 aromatic carbocycles. The van der Waals surface area contributed by atoms with Gasteiger partial charge in [0.2, 0.25) is 11.8 Å². The van der Waals surface area contributed by atoms with E-state index in [2.05, 4.69) is 22.4 Å². The van der Waals surface area contributed by atoms with Gasteiger partial charge < -0.3 is 10.2 Å². The van der Waals surface area contributed by atoms with Crippen LogP contribution in [-0.4, -0.2) is 41.8 Å². The Hall–Kier alpha value is -2.69. The Morgan fingerprint density at radius 3 is 2.61 bits per heavy atom. The molecule has 2 aromatic rings. The smallest absolute Gasteiger partial charge is 0.228 e. The Balaban J connectivity index is 1.62. The normalized spacial score (nSPS) is 22.0. The van der Waals surface area contributed by atoms with E-state index in [0.29, 0.717) is 25.9 Å². The number of hydrogen-bond acceptors (Lipinski definition) is 3. The van der Waals surface area contributed by atoms with Crippen LogP contribution in [0.1, 0.15) is 31.2 Å². The van der Waals surface area contributed by atoms with Gasteiger partial charge in [-0.1, -0.05) is 30.7 Å². The molecule has 1 saturated heterocycles. The summed E-state index contributed by atoms with van der Waals surface area (Å²) < 4.78 is 0. The van der Waals surface area contributed by atoms with E-state index in [0.717, 1.165) is 36.0 Å². The first-order chi connectivity index (χ1) is 13.6. The van der Waals surface area contributed by atoms with Crippen LogP contribution in [-0.2, 0) is 16.0 Å². The molecule has 1 saturated carbocycles. The number of pyridine rings is 1. The van der Waals surface area contributed by atoms with E-state index in [9.17, 15) is 9.59 Å². The molecular formula is C23H27N3O2. The fraction of sp³-hybridized carbons (Fsp3) is 0.435. The lowest BCUT2D eigenvalue weighted by molar-refractivity contribution is -0.138. The quantitative estimate of drug-likeness (QED) is 0.871. The van der Waals surface area contributed by atoms with Crippen LogP contribution < -0.4 is 5.32 Å².